The summed E-state index contributed by atoms with van der Waals surface area (Å²) in [5, 5.41) is 18.6. The Balaban J connectivity index is 2.86. The van der Waals surface area contributed by atoms with Crippen molar-refractivity contribution in [3.63, 3.8) is 0 Å². The maximum Gasteiger partial charge on any atom is 0.352 e. The van der Waals surface area contributed by atoms with Crippen molar-refractivity contribution in [3.05, 3.63) is 35.7 Å². The number of aromatic amines is 1. The van der Waals surface area contributed by atoms with Crippen LogP contribution in [0.2, 0.25) is 0 Å². The van der Waals surface area contributed by atoms with Gasteiger partial charge in [0.25, 0.3) is 0 Å². The summed E-state index contributed by atoms with van der Waals surface area (Å²) in [5.41, 5.74) is -0.103. The van der Waals surface area contributed by atoms with Gasteiger partial charge in [-0.15, -0.1) is 0 Å². The number of H-pyrrole nitrogens is 1. The lowest BCUT2D eigenvalue weighted by molar-refractivity contribution is 0.0691. The van der Waals surface area contributed by atoms with Gasteiger partial charge < -0.3 is 15.2 Å². The van der Waals surface area contributed by atoms with Gasteiger partial charge in [0, 0.05) is 17.0 Å². The number of aromatic carboxylic acids is 2. The first-order valence-corrected chi connectivity index (χ1v) is 4.18. The molecule has 0 aliphatic rings. The third-order valence-corrected chi connectivity index (χ3v) is 2.16. The summed E-state index contributed by atoms with van der Waals surface area (Å²) in [6.07, 6.45) is 1.48. The first kappa shape index (κ1) is 9.26. The summed E-state index contributed by atoms with van der Waals surface area (Å²) in [6, 6.07) is 4.61. The zero-order valence-electron chi connectivity index (χ0n) is 7.52. The van der Waals surface area contributed by atoms with Gasteiger partial charge in [-0.25, -0.2) is 9.59 Å². The fraction of sp³-hybridized carbons (Fsp3) is 0. The Morgan fingerprint density at radius 3 is 2.47 bits per heavy atom. The first-order valence-electron chi connectivity index (χ1n) is 4.18. The number of carboxylic acids is 2. The van der Waals surface area contributed by atoms with E-state index in [1.165, 1.54) is 12.3 Å². The van der Waals surface area contributed by atoms with Crippen molar-refractivity contribution >= 4 is 22.7 Å². The van der Waals surface area contributed by atoms with Crippen LogP contribution in [-0.2, 0) is 0 Å². The van der Waals surface area contributed by atoms with Crippen molar-refractivity contribution in [2.24, 2.45) is 0 Å². The lowest BCUT2D eigenvalue weighted by Crippen LogP contribution is -2.02. The smallest absolute Gasteiger partial charge is 0.352 e. The van der Waals surface area contributed by atoms with E-state index in [9.17, 15) is 9.59 Å². The van der Waals surface area contributed by atoms with Gasteiger partial charge in [-0.05, 0) is 6.07 Å². The average Bonchev–Trinajstić information content (AvgIpc) is 2.60. The first-order chi connectivity index (χ1) is 7.11. The SMILES string of the molecule is O=C(O)c1cccc2c[nH]c(C(=O)O)c12. The maximum absolute atomic E-state index is 10.9. The van der Waals surface area contributed by atoms with E-state index in [0.717, 1.165) is 0 Å². The van der Waals surface area contributed by atoms with Gasteiger partial charge in [0.05, 0.1) is 5.56 Å². The molecule has 0 bridgehead atoms. The van der Waals surface area contributed by atoms with Crippen LogP contribution in [-0.4, -0.2) is 27.1 Å². The molecule has 1 aromatic carbocycles. The van der Waals surface area contributed by atoms with Crippen LogP contribution in [0.1, 0.15) is 20.8 Å². The molecule has 1 aromatic heterocycles. The largest absolute Gasteiger partial charge is 0.478 e. The van der Waals surface area contributed by atoms with Gasteiger partial charge >= 0.3 is 11.9 Å². The molecule has 76 valence electrons. The minimum atomic E-state index is -1.17. The number of fused-ring (bicyclic) bond motifs is 1. The molecular formula is C10H7NO4. The van der Waals surface area contributed by atoms with Crippen LogP contribution in [0.4, 0.5) is 0 Å². The number of aromatic nitrogens is 1. The van der Waals surface area contributed by atoms with Gasteiger partial charge in [0.2, 0.25) is 0 Å². The van der Waals surface area contributed by atoms with Gasteiger partial charge in [-0.2, -0.15) is 0 Å². The average molecular weight is 205 g/mol. The molecule has 2 rings (SSSR count). The van der Waals surface area contributed by atoms with Gasteiger partial charge in [-0.3, -0.25) is 0 Å². The number of carbonyl (C=O) groups is 2. The Hall–Kier alpha value is -2.30. The summed E-state index contributed by atoms with van der Waals surface area (Å²) < 4.78 is 0. The van der Waals surface area contributed by atoms with Crippen LogP contribution in [0.15, 0.2) is 24.4 Å². The highest BCUT2D eigenvalue weighted by Crippen LogP contribution is 2.22. The van der Waals surface area contributed by atoms with E-state index in [2.05, 4.69) is 4.98 Å². The van der Waals surface area contributed by atoms with Crippen molar-refractivity contribution in [2.75, 3.05) is 0 Å². The van der Waals surface area contributed by atoms with Crippen LogP contribution in [0.25, 0.3) is 10.8 Å². The molecular weight excluding hydrogens is 198 g/mol. The van der Waals surface area contributed by atoms with Crippen LogP contribution >= 0.6 is 0 Å². The second-order valence-electron chi connectivity index (χ2n) is 3.04. The van der Waals surface area contributed by atoms with Gasteiger partial charge in [-0.1, -0.05) is 12.1 Å². The summed E-state index contributed by atoms with van der Waals surface area (Å²) in [7, 11) is 0. The lowest BCUT2D eigenvalue weighted by atomic mass is 10.1. The number of rotatable bonds is 2. The molecule has 0 aliphatic carbocycles. The van der Waals surface area contributed by atoms with E-state index >= 15 is 0 Å². The molecule has 5 heteroatoms. The highest BCUT2D eigenvalue weighted by Gasteiger charge is 2.17. The minimum absolute atomic E-state index is 0.00819. The number of hydrogen-bond acceptors (Lipinski definition) is 2. The predicted octanol–water partition coefficient (Wildman–Crippen LogP) is 1.56. The summed E-state index contributed by atoms with van der Waals surface area (Å²) in [5.74, 6) is -2.30. The molecule has 0 saturated heterocycles. The van der Waals surface area contributed by atoms with E-state index in [1.54, 1.807) is 12.1 Å². The van der Waals surface area contributed by atoms with Crippen LogP contribution in [0.3, 0.4) is 0 Å². The third kappa shape index (κ3) is 1.34. The molecule has 0 aliphatic heterocycles. The maximum atomic E-state index is 10.9. The number of carboxylic acid groups (broad SMARTS) is 2. The Kier molecular flexibility index (Phi) is 1.93. The van der Waals surface area contributed by atoms with Crippen LogP contribution in [0.5, 0.6) is 0 Å². The monoisotopic (exact) mass is 205 g/mol. The number of hydrogen-bond donors (Lipinski definition) is 3. The second kappa shape index (κ2) is 3.13. The fourth-order valence-electron chi connectivity index (χ4n) is 1.54. The topological polar surface area (TPSA) is 90.4 Å². The highest BCUT2D eigenvalue weighted by molar-refractivity contribution is 6.11. The quantitative estimate of drug-likeness (QED) is 0.693. The van der Waals surface area contributed by atoms with Gasteiger partial charge in [0.15, 0.2) is 0 Å². The molecule has 0 unspecified atom stereocenters. The minimum Gasteiger partial charge on any atom is -0.478 e. The van der Waals surface area contributed by atoms with E-state index in [-0.39, 0.29) is 16.6 Å². The zero-order chi connectivity index (χ0) is 11.0. The van der Waals surface area contributed by atoms with Crippen molar-refractivity contribution < 1.29 is 19.8 Å². The molecule has 2 aromatic rings. The van der Waals surface area contributed by atoms with Crippen LogP contribution < -0.4 is 0 Å². The summed E-state index contributed by atoms with van der Waals surface area (Å²) >= 11 is 0. The second-order valence-corrected chi connectivity index (χ2v) is 3.04. The molecule has 0 spiro atoms. The fourth-order valence-corrected chi connectivity index (χ4v) is 1.54. The molecule has 3 N–H and O–H groups in total. The van der Waals surface area contributed by atoms with E-state index in [4.69, 9.17) is 10.2 Å². The normalized spacial score (nSPS) is 10.4. The van der Waals surface area contributed by atoms with Crippen molar-refractivity contribution in [2.45, 2.75) is 0 Å². The van der Waals surface area contributed by atoms with E-state index in [1.807, 2.05) is 0 Å². The zero-order valence-corrected chi connectivity index (χ0v) is 7.52. The molecule has 0 amide bonds. The van der Waals surface area contributed by atoms with Crippen molar-refractivity contribution in [3.8, 4) is 0 Å². The summed E-state index contributed by atoms with van der Waals surface area (Å²) in [6.45, 7) is 0. The molecule has 0 saturated carbocycles. The van der Waals surface area contributed by atoms with Gasteiger partial charge in [0.1, 0.15) is 5.69 Å². The van der Waals surface area contributed by atoms with E-state index < -0.39 is 11.9 Å². The lowest BCUT2D eigenvalue weighted by Gasteiger charge is -1.98. The Morgan fingerprint density at radius 2 is 1.87 bits per heavy atom. The van der Waals surface area contributed by atoms with Crippen molar-refractivity contribution in [1.82, 2.24) is 4.98 Å². The van der Waals surface area contributed by atoms with Crippen molar-refractivity contribution in [1.29, 1.82) is 0 Å². The number of benzene rings is 1. The summed E-state index contributed by atoms with van der Waals surface area (Å²) in [4.78, 5) is 24.3. The Morgan fingerprint density at radius 1 is 1.13 bits per heavy atom. The molecule has 1 heterocycles. The molecule has 0 radical (unpaired) electrons. The highest BCUT2D eigenvalue weighted by atomic mass is 16.4. The molecule has 0 fully saturated rings. The molecule has 5 nitrogen and oxygen atoms in total. The van der Waals surface area contributed by atoms with Crippen LogP contribution in [0, 0.1) is 0 Å². The molecule has 15 heavy (non-hydrogen) atoms. The standard InChI is InChI=1S/C10H7NO4/c12-9(13)6-3-1-2-5-4-11-8(7(5)6)10(14)15/h1-4,11H,(H,12,13)(H,14,15). The number of nitrogens with one attached hydrogen (secondary N) is 1. The molecule has 0 atom stereocenters. The van der Waals surface area contributed by atoms with E-state index in [0.29, 0.717) is 5.39 Å². The predicted molar refractivity (Wildman–Crippen MR) is 52.2 cm³/mol. The Bertz CT molecular complexity index is 556. The Labute approximate surface area is 84.0 Å². The third-order valence-electron chi connectivity index (χ3n) is 2.16.